The lowest BCUT2D eigenvalue weighted by Crippen LogP contribution is -2.42. The Bertz CT molecular complexity index is 1030. The maximum atomic E-state index is 12.4. The number of H-pyrrole nitrogens is 1. The van der Waals surface area contributed by atoms with Crippen LogP contribution in [0.25, 0.3) is 10.9 Å². The molecule has 1 saturated heterocycles. The number of nitrogens with zero attached hydrogens (tertiary/aromatic N) is 1. The average Bonchev–Trinajstić information content (AvgIpc) is 3.18. The Hall–Kier alpha value is -3.35. The first-order chi connectivity index (χ1) is 12.5. The number of phenolic OH excluding ortho intramolecular Hbond substituents is 3. The molecule has 1 fully saturated rings. The van der Waals surface area contributed by atoms with Crippen LogP contribution < -0.4 is 0 Å². The highest BCUT2D eigenvalue weighted by Crippen LogP contribution is 2.46. The van der Waals surface area contributed by atoms with Crippen molar-refractivity contribution in [3.05, 3.63) is 53.2 Å². The van der Waals surface area contributed by atoms with Crippen LogP contribution in [-0.4, -0.2) is 43.9 Å². The first-order valence-electron chi connectivity index (χ1n) is 8.34. The highest BCUT2D eigenvalue weighted by Gasteiger charge is 2.45. The lowest BCUT2D eigenvalue weighted by molar-refractivity contribution is 0.147. The summed E-state index contributed by atoms with van der Waals surface area (Å²) in [4.78, 5) is 17.4. The largest absolute Gasteiger partial charge is 0.504 e. The summed E-state index contributed by atoms with van der Waals surface area (Å²) in [5.74, 6) is -1.46. The number of carbonyl (C=O) groups excluding carboxylic acids is 1. The smallest absolute Gasteiger partial charge is 0.411 e. The SMILES string of the molecule is O=C1OCC2Cc3c([nH]c4ccccc34)C(c3cc(O)c(O)c(O)c3)N12. The molecule has 3 aromatic rings. The molecule has 2 aromatic carbocycles. The van der Waals surface area contributed by atoms with E-state index in [0.29, 0.717) is 18.6 Å². The van der Waals surface area contributed by atoms with E-state index in [-0.39, 0.29) is 6.04 Å². The van der Waals surface area contributed by atoms with Gasteiger partial charge in [0.2, 0.25) is 0 Å². The zero-order valence-electron chi connectivity index (χ0n) is 13.6. The Kier molecular flexibility index (Phi) is 2.92. The minimum absolute atomic E-state index is 0.128. The molecule has 26 heavy (non-hydrogen) atoms. The van der Waals surface area contributed by atoms with Crippen molar-refractivity contribution in [3.63, 3.8) is 0 Å². The number of para-hydroxylation sites is 1. The first-order valence-corrected chi connectivity index (χ1v) is 8.34. The van der Waals surface area contributed by atoms with Crippen molar-refractivity contribution in [2.45, 2.75) is 18.5 Å². The van der Waals surface area contributed by atoms with Gasteiger partial charge in [0.05, 0.1) is 6.04 Å². The Balaban J connectivity index is 1.77. The molecule has 5 rings (SSSR count). The summed E-state index contributed by atoms with van der Waals surface area (Å²) >= 11 is 0. The molecule has 2 aliphatic heterocycles. The summed E-state index contributed by atoms with van der Waals surface area (Å²) in [7, 11) is 0. The van der Waals surface area contributed by atoms with Gasteiger partial charge in [-0.25, -0.2) is 4.79 Å². The number of fused-ring (bicyclic) bond motifs is 4. The van der Waals surface area contributed by atoms with Crippen molar-refractivity contribution in [2.24, 2.45) is 0 Å². The molecule has 3 heterocycles. The third-order valence-electron chi connectivity index (χ3n) is 5.25. The molecular weight excluding hydrogens is 336 g/mol. The third kappa shape index (κ3) is 1.91. The lowest BCUT2D eigenvalue weighted by Gasteiger charge is -2.35. The molecule has 0 radical (unpaired) electrons. The monoisotopic (exact) mass is 352 g/mol. The number of cyclic esters (lactones) is 1. The maximum Gasteiger partial charge on any atom is 0.411 e. The van der Waals surface area contributed by atoms with E-state index in [2.05, 4.69) is 4.98 Å². The van der Waals surface area contributed by atoms with Crippen LogP contribution in [0.4, 0.5) is 4.79 Å². The van der Waals surface area contributed by atoms with Gasteiger partial charge < -0.3 is 25.0 Å². The molecule has 2 aliphatic rings. The van der Waals surface area contributed by atoms with Gasteiger partial charge in [0.15, 0.2) is 17.2 Å². The van der Waals surface area contributed by atoms with Gasteiger partial charge in [-0.2, -0.15) is 0 Å². The average molecular weight is 352 g/mol. The summed E-state index contributed by atoms with van der Waals surface area (Å²) in [5.41, 5.74) is 3.38. The van der Waals surface area contributed by atoms with Crippen molar-refractivity contribution in [2.75, 3.05) is 6.61 Å². The van der Waals surface area contributed by atoms with E-state index in [0.717, 1.165) is 22.2 Å². The van der Waals surface area contributed by atoms with Crippen molar-refractivity contribution >= 4 is 17.0 Å². The van der Waals surface area contributed by atoms with Crippen LogP contribution in [0.1, 0.15) is 22.9 Å². The summed E-state index contributed by atoms with van der Waals surface area (Å²) in [6.45, 7) is 0.296. The topological polar surface area (TPSA) is 106 Å². The van der Waals surface area contributed by atoms with E-state index in [4.69, 9.17) is 4.74 Å². The molecule has 4 N–H and O–H groups in total. The number of nitrogens with one attached hydrogen (secondary N) is 1. The van der Waals surface area contributed by atoms with Gasteiger partial charge in [-0.15, -0.1) is 0 Å². The van der Waals surface area contributed by atoms with E-state index in [1.807, 2.05) is 24.3 Å². The van der Waals surface area contributed by atoms with Crippen molar-refractivity contribution < 1.29 is 24.9 Å². The summed E-state index contributed by atoms with van der Waals surface area (Å²) in [5, 5.41) is 30.6. The van der Waals surface area contributed by atoms with Crippen LogP contribution in [0.3, 0.4) is 0 Å². The van der Waals surface area contributed by atoms with Gasteiger partial charge in [-0.1, -0.05) is 18.2 Å². The molecule has 1 aromatic heterocycles. The molecule has 7 heteroatoms. The minimum Gasteiger partial charge on any atom is -0.504 e. The van der Waals surface area contributed by atoms with Crippen LogP contribution >= 0.6 is 0 Å². The van der Waals surface area contributed by atoms with Crippen LogP contribution in [-0.2, 0) is 11.2 Å². The molecule has 0 bridgehead atoms. The van der Waals surface area contributed by atoms with E-state index in [1.165, 1.54) is 12.1 Å². The number of phenols is 3. The molecule has 2 atom stereocenters. The second-order valence-electron chi connectivity index (χ2n) is 6.72. The Labute approximate surface area is 148 Å². The summed E-state index contributed by atoms with van der Waals surface area (Å²) in [6.07, 6.45) is 0.230. The number of aromatic hydroxyl groups is 3. The summed E-state index contributed by atoms with van der Waals surface area (Å²) < 4.78 is 5.25. The molecule has 0 saturated carbocycles. The van der Waals surface area contributed by atoms with Crippen LogP contribution in [0.5, 0.6) is 17.2 Å². The van der Waals surface area contributed by atoms with Gasteiger partial charge in [0.1, 0.15) is 12.6 Å². The molecule has 0 spiro atoms. The van der Waals surface area contributed by atoms with Crippen LogP contribution in [0.2, 0.25) is 0 Å². The Morgan fingerprint density at radius 1 is 1.12 bits per heavy atom. The number of amides is 1. The second-order valence-corrected chi connectivity index (χ2v) is 6.72. The van der Waals surface area contributed by atoms with E-state index < -0.39 is 29.4 Å². The number of ether oxygens (including phenoxy) is 1. The summed E-state index contributed by atoms with van der Waals surface area (Å²) in [6, 6.07) is 9.95. The fraction of sp³-hybridized carbons (Fsp3) is 0.211. The third-order valence-corrected chi connectivity index (χ3v) is 5.25. The van der Waals surface area contributed by atoms with E-state index in [1.54, 1.807) is 4.90 Å². The molecule has 0 aliphatic carbocycles. The zero-order valence-corrected chi connectivity index (χ0v) is 13.6. The number of hydrogen-bond donors (Lipinski definition) is 4. The van der Waals surface area contributed by atoms with Gasteiger partial charge >= 0.3 is 6.09 Å². The first kappa shape index (κ1) is 14.9. The Morgan fingerprint density at radius 3 is 2.62 bits per heavy atom. The quantitative estimate of drug-likeness (QED) is 0.504. The van der Waals surface area contributed by atoms with Gasteiger partial charge in [0.25, 0.3) is 0 Å². The normalized spacial score (nSPS) is 21.5. The predicted octanol–water partition coefficient (Wildman–Crippen LogP) is 2.75. The highest BCUT2D eigenvalue weighted by atomic mass is 16.6. The number of benzene rings is 2. The van der Waals surface area contributed by atoms with Crippen LogP contribution in [0, 0.1) is 0 Å². The maximum absolute atomic E-state index is 12.4. The molecule has 7 nitrogen and oxygen atoms in total. The second kappa shape index (κ2) is 5.08. The van der Waals surface area contributed by atoms with Gasteiger partial charge in [0, 0.05) is 16.6 Å². The lowest BCUT2D eigenvalue weighted by atomic mass is 9.89. The highest BCUT2D eigenvalue weighted by molar-refractivity contribution is 5.86. The van der Waals surface area contributed by atoms with E-state index >= 15 is 0 Å². The minimum atomic E-state index is -0.582. The van der Waals surface area contributed by atoms with Gasteiger partial charge in [-0.3, -0.25) is 4.90 Å². The van der Waals surface area contributed by atoms with Crippen molar-refractivity contribution in [1.29, 1.82) is 0 Å². The van der Waals surface area contributed by atoms with Crippen molar-refractivity contribution in [3.8, 4) is 17.2 Å². The zero-order chi connectivity index (χ0) is 18.0. The fourth-order valence-electron chi connectivity index (χ4n) is 4.10. The standard InChI is InChI=1S/C19H16N2O5/c22-14-5-9(6-15(23)18(14)24)17-16-12(7-10-8-26-19(25)21(10)17)11-3-1-2-4-13(11)20-16/h1-6,10,17,20,22-24H,7-8H2. The number of rotatable bonds is 1. The number of aromatic amines is 1. The molecule has 132 valence electrons. The predicted molar refractivity (Wildman–Crippen MR) is 92.3 cm³/mol. The number of hydrogen-bond acceptors (Lipinski definition) is 5. The molecule has 1 amide bonds. The fourth-order valence-corrected chi connectivity index (χ4v) is 4.10. The van der Waals surface area contributed by atoms with Gasteiger partial charge in [-0.05, 0) is 35.7 Å². The Morgan fingerprint density at radius 2 is 1.85 bits per heavy atom. The van der Waals surface area contributed by atoms with E-state index in [9.17, 15) is 20.1 Å². The molecule has 2 unspecified atom stereocenters. The number of carbonyl (C=O) groups is 1. The van der Waals surface area contributed by atoms with Crippen molar-refractivity contribution in [1.82, 2.24) is 9.88 Å². The number of aromatic nitrogens is 1. The molecular formula is C19H16N2O5. The van der Waals surface area contributed by atoms with Crippen LogP contribution in [0.15, 0.2) is 36.4 Å².